The van der Waals surface area contributed by atoms with Gasteiger partial charge in [0.05, 0.1) is 6.04 Å². The number of carboxylic acid groups (broad SMARTS) is 1. The van der Waals surface area contributed by atoms with E-state index in [9.17, 15) is 39.0 Å². The number of benzene rings is 1. The topological polar surface area (TPSA) is 333 Å². The van der Waals surface area contributed by atoms with E-state index in [1.165, 1.54) is 24.3 Å². The van der Waals surface area contributed by atoms with Crippen molar-refractivity contribution in [2.45, 2.75) is 68.4 Å². The van der Waals surface area contributed by atoms with Crippen LogP contribution in [-0.2, 0) is 35.2 Å². The van der Waals surface area contributed by atoms with Crippen LogP contribution in [0.25, 0.3) is 0 Å². The zero-order valence-corrected chi connectivity index (χ0v) is 26.9. The van der Waals surface area contributed by atoms with E-state index in [0.717, 1.165) is 0 Å². The highest BCUT2D eigenvalue weighted by Crippen LogP contribution is 2.12. The molecule has 264 valence electrons. The molecule has 0 unspecified atom stereocenters. The first kappa shape index (κ1) is 41.0. The van der Waals surface area contributed by atoms with Crippen LogP contribution in [0, 0.1) is 0 Å². The van der Waals surface area contributed by atoms with Gasteiger partial charge < -0.3 is 65.5 Å². The Hall–Kier alpha value is -4.01. The van der Waals surface area contributed by atoms with E-state index in [1.54, 1.807) is 0 Å². The van der Waals surface area contributed by atoms with Crippen molar-refractivity contribution in [1.82, 2.24) is 26.6 Å². The lowest BCUT2D eigenvalue weighted by Crippen LogP contribution is -2.60. The Bertz CT molecular complexity index is 1190. The van der Waals surface area contributed by atoms with Gasteiger partial charge in [0.2, 0.25) is 29.5 Å². The standard InChI is InChI=1S/C28H48N10O8S/c29-9-5-17(33)23(40)34-18(6-10-30)26(43)38-22(14-47)27(44)36-19(7-11-31)24(41)35-20(8-12-32)25(42)37-21(28(45)46)13-15-1-3-16(39)4-2-15/h1-4,17-22,39,47H,5-14,29-33H2,(H,34,40)(H,35,41)(H,36,44)(H,37,42)(H,38,43)(H,45,46)/t17-,18+,19+,20+,21+,22+/m1/s1. The number of thiol groups is 1. The molecule has 1 aromatic carbocycles. The summed E-state index contributed by atoms with van der Waals surface area (Å²) >= 11 is 4.13. The van der Waals surface area contributed by atoms with Crippen LogP contribution >= 0.6 is 12.6 Å². The predicted octanol–water partition coefficient (Wildman–Crippen LogP) is -4.90. The van der Waals surface area contributed by atoms with Crippen molar-refractivity contribution in [3.63, 3.8) is 0 Å². The molecule has 0 fully saturated rings. The van der Waals surface area contributed by atoms with Gasteiger partial charge in [-0.05, 0) is 69.6 Å². The van der Waals surface area contributed by atoms with Crippen molar-refractivity contribution in [1.29, 1.82) is 0 Å². The fraction of sp³-hybridized carbons (Fsp3) is 0.571. The number of carbonyl (C=O) groups excluding carboxylic acids is 5. The number of nitrogens with two attached hydrogens (primary N) is 5. The Morgan fingerprint density at radius 3 is 1.34 bits per heavy atom. The van der Waals surface area contributed by atoms with Gasteiger partial charge in [0.15, 0.2) is 0 Å². The lowest BCUT2D eigenvalue weighted by atomic mass is 10.0. The van der Waals surface area contributed by atoms with Gasteiger partial charge in [0.25, 0.3) is 0 Å². The van der Waals surface area contributed by atoms with E-state index in [1.807, 2.05) is 0 Å². The maximum atomic E-state index is 13.2. The van der Waals surface area contributed by atoms with Gasteiger partial charge in [0.1, 0.15) is 36.0 Å². The SMILES string of the molecule is NCC[C@@H](N)C(=O)N[C@@H](CCN)C(=O)N[C@@H](CS)C(=O)N[C@@H](CCN)C(=O)N[C@@H](CCN)C(=O)N[C@@H](Cc1ccc(O)cc1)C(=O)O. The van der Waals surface area contributed by atoms with Gasteiger partial charge in [-0.1, -0.05) is 12.1 Å². The van der Waals surface area contributed by atoms with Crippen LogP contribution in [-0.4, -0.2) is 114 Å². The first-order valence-electron chi connectivity index (χ1n) is 15.0. The number of phenolic OH excluding ortho intramolecular Hbond substituents is 1. The third-order valence-electron chi connectivity index (χ3n) is 6.89. The van der Waals surface area contributed by atoms with E-state index < -0.39 is 71.8 Å². The number of hydrogen-bond acceptors (Lipinski definition) is 13. The summed E-state index contributed by atoms with van der Waals surface area (Å²) in [4.78, 5) is 76.6. The highest BCUT2D eigenvalue weighted by molar-refractivity contribution is 7.80. The van der Waals surface area contributed by atoms with Crippen LogP contribution in [0.5, 0.6) is 5.75 Å². The Labute approximate surface area is 278 Å². The highest BCUT2D eigenvalue weighted by Gasteiger charge is 2.32. The Morgan fingerprint density at radius 2 is 0.957 bits per heavy atom. The molecule has 6 atom stereocenters. The second-order valence-corrected chi connectivity index (χ2v) is 11.0. The summed E-state index contributed by atoms with van der Waals surface area (Å²) in [5.74, 6) is -5.34. The summed E-state index contributed by atoms with van der Waals surface area (Å²) in [6.45, 7) is 0.0879. The van der Waals surface area contributed by atoms with Crippen molar-refractivity contribution in [2.24, 2.45) is 28.7 Å². The number of carboxylic acids is 1. The number of phenols is 1. The Morgan fingerprint density at radius 1 is 0.596 bits per heavy atom. The second-order valence-electron chi connectivity index (χ2n) is 10.6. The molecule has 0 saturated carbocycles. The van der Waals surface area contributed by atoms with Crippen LogP contribution in [0.4, 0.5) is 0 Å². The van der Waals surface area contributed by atoms with E-state index >= 15 is 0 Å². The molecule has 0 heterocycles. The summed E-state index contributed by atoms with van der Waals surface area (Å²) in [6, 6.07) is -1.46. The molecular weight excluding hydrogens is 636 g/mol. The van der Waals surface area contributed by atoms with Gasteiger partial charge >= 0.3 is 5.97 Å². The Balaban J connectivity index is 2.98. The third-order valence-corrected chi connectivity index (χ3v) is 7.25. The maximum absolute atomic E-state index is 13.2. The minimum atomic E-state index is -1.37. The van der Waals surface area contributed by atoms with Crippen molar-refractivity contribution < 1.29 is 39.0 Å². The quantitative estimate of drug-likeness (QED) is 0.0510. The lowest BCUT2D eigenvalue weighted by Gasteiger charge is -2.26. The van der Waals surface area contributed by atoms with E-state index in [4.69, 9.17) is 28.7 Å². The first-order chi connectivity index (χ1) is 22.3. The molecule has 0 aromatic heterocycles. The van der Waals surface area contributed by atoms with Gasteiger partial charge in [0, 0.05) is 12.2 Å². The molecule has 17 N–H and O–H groups in total. The Kier molecular flexibility index (Phi) is 19.0. The average Bonchev–Trinajstić information content (AvgIpc) is 3.03. The van der Waals surface area contributed by atoms with Gasteiger partial charge in [-0.3, -0.25) is 24.0 Å². The number of aromatic hydroxyl groups is 1. The van der Waals surface area contributed by atoms with Crippen molar-refractivity contribution in [3.8, 4) is 5.75 Å². The number of rotatable bonds is 22. The van der Waals surface area contributed by atoms with E-state index in [-0.39, 0.29) is 69.8 Å². The zero-order chi connectivity index (χ0) is 35.5. The fourth-order valence-electron chi connectivity index (χ4n) is 4.25. The normalized spacial score (nSPS) is 14.8. The first-order valence-corrected chi connectivity index (χ1v) is 15.6. The zero-order valence-electron chi connectivity index (χ0n) is 26.0. The highest BCUT2D eigenvalue weighted by atomic mass is 32.1. The summed E-state index contributed by atoms with van der Waals surface area (Å²) in [6.07, 6.45) is -0.0169. The number of hydrogen-bond donors (Lipinski definition) is 13. The molecule has 0 aliphatic carbocycles. The number of aliphatic carboxylic acids is 1. The van der Waals surface area contributed by atoms with Crippen LogP contribution < -0.4 is 55.3 Å². The molecule has 1 aromatic rings. The monoisotopic (exact) mass is 684 g/mol. The molecule has 18 nitrogen and oxygen atoms in total. The molecule has 0 aliphatic heterocycles. The molecule has 5 amide bonds. The number of amides is 5. The van der Waals surface area contributed by atoms with E-state index in [0.29, 0.717) is 5.56 Å². The molecule has 0 radical (unpaired) electrons. The van der Waals surface area contributed by atoms with Crippen LogP contribution in [0.15, 0.2) is 24.3 Å². The second kappa shape index (κ2) is 21.7. The van der Waals surface area contributed by atoms with Gasteiger partial charge in [-0.25, -0.2) is 4.79 Å². The fourth-order valence-corrected chi connectivity index (χ4v) is 4.50. The third kappa shape index (κ3) is 14.5. The van der Waals surface area contributed by atoms with Gasteiger partial charge in [-0.15, -0.1) is 0 Å². The summed E-state index contributed by atoms with van der Waals surface area (Å²) in [5.41, 5.74) is 28.6. The largest absolute Gasteiger partial charge is 0.508 e. The number of nitrogens with one attached hydrogen (secondary N) is 5. The molecule has 0 saturated heterocycles. The molecule has 19 heteroatoms. The molecule has 47 heavy (non-hydrogen) atoms. The molecule has 0 bridgehead atoms. The summed E-state index contributed by atoms with van der Waals surface area (Å²) in [7, 11) is 0. The van der Waals surface area contributed by atoms with Crippen LogP contribution in [0.2, 0.25) is 0 Å². The minimum absolute atomic E-state index is 0.0129. The summed E-state index contributed by atoms with van der Waals surface area (Å²) < 4.78 is 0. The van der Waals surface area contributed by atoms with Crippen molar-refractivity contribution in [3.05, 3.63) is 29.8 Å². The minimum Gasteiger partial charge on any atom is -0.508 e. The van der Waals surface area contributed by atoms with Crippen molar-refractivity contribution >= 4 is 48.1 Å². The lowest BCUT2D eigenvalue weighted by molar-refractivity contribution is -0.142. The summed E-state index contributed by atoms with van der Waals surface area (Å²) in [5, 5.41) is 31.4. The predicted molar refractivity (Wildman–Crippen MR) is 176 cm³/mol. The van der Waals surface area contributed by atoms with Crippen LogP contribution in [0.3, 0.4) is 0 Å². The average molecular weight is 685 g/mol. The van der Waals surface area contributed by atoms with Gasteiger partial charge in [-0.2, -0.15) is 12.6 Å². The maximum Gasteiger partial charge on any atom is 0.326 e. The smallest absolute Gasteiger partial charge is 0.326 e. The van der Waals surface area contributed by atoms with Crippen molar-refractivity contribution in [2.75, 3.05) is 31.9 Å². The van der Waals surface area contributed by atoms with E-state index in [2.05, 4.69) is 39.2 Å². The van der Waals surface area contributed by atoms with Crippen LogP contribution in [0.1, 0.15) is 31.2 Å². The molecule has 0 spiro atoms. The molecule has 0 aliphatic rings. The number of carbonyl (C=O) groups is 6. The molecular formula is C28H48N10O8S. The molecule has 1 rings (SSSR count).